The molecule has 2 aliphatic rings. The van der Waals surface area contributed by atoms with Gasteiger partial charge in [0.15, 0.2) is 17.3 Å². The first-order valence-electron chi connectivity index (χ1n) is 12.9. The normalized spacial score (nSPS) is 19.6. The summed E-state index contributed by atoms with van der Waals surface area (Å²) < 4.78 is 7.99. The fourth-order valence-electron chi connectivity index (χ4n) is 5.66. The molecule has 9 nitrogen and oxygen atoms in total. The van der Waals surface area contributed by atoms with E-state index in [2.05, 4.69) is 23.7 Å². The van der Waals surface area contributed by atoms with Gasteiger partial charge < -0.3 is 24.8 Å². The van der Waals surface area contributed by atoms with E-state index in [-0.39, 0.29) is 45.6 Å². The van der Waals surface area contributed by atoms with Crippen LogP contribution in [0.25, 0.3) is 11.0 Å². The quantitative estimate of drug-likeness (QED) is 0.244. The maximum absolute atomic E-state index is 14.0. The molecule has 1 aliphatic heterocycles. The number of phenolic OH excluding ortho intramolecular Hbond substituents is 2. The molecule has 2 aromatic carbocycles. The van der Waals surface area contributed by atoms with Gasteiger partial charge in [0, 0.05) is 36.3 Å². The predicted molar refractivity (Wildman–Crippen MR) is 145 cm³/mol. The number of hydrogen-bond acceptors (Lipinski definition) is 8. The number of aromatic nitrogens is 2. The van der Waals surface area contributed by atoms with Crippen molar-refractivity contribution in [3.8, 4) is 17.2 Å². The summed E-state index contributed by atoms with van der Waals surface area (Å²) >= 11 is 0. The van der Waals surface area contributed by atoms with Crippen molar-refractivity contribution < 1.29 is 29.3 Å². The molecule has 3 N–H and O–H groups in total. The summed E-state index contributed by atoms with van der Waals surface area (Å²) in [6, 6.07) is 8.14. The zero-order chi connectivity index (χ0) is 28.4. The van der Waals surface area contributed by atoms with Gasteiger partial charge in [-0.2, -0.15) is 0 Å². The second kappa shape index (κ2) is 9.11. The topological polar surface area (TPSA) is 131 Å². The largest absolute Gasteiger partial charge is 0.507 e. The van der Waals surface area contributed by atoms with Gasteiger partial charge in [0.05, 0.1) is 22.2 Å². The summed E-state index contributed by atoms with van der Waals surface area (Å²) in [5.41, 5.74) is 0.752. The van der Waals surface area contributed by atoms with Gasteiger partial charge >= 0.3 is 0 Å². The number of para-hydroxylation sites is 2. The molecular formula is C30H31N3O6. The highest BCUT2D eigenvalue weighted by Gasteiger charge is 2.56. The predicted octanol–water partition coefficient (Wildman–Crippen LogP) is 4.33. The maximum atomic E-state index is 14.0. The van der Waals surface area contributed by atoms with Crippen LogP contribution in [0.2, 0.25) is 0 Å². The van der Waals surface area contributed by atoms with Crippen LogP contribution in [0.3, 0.4) is 0 Å². The number of Topliss-reactive ketones (excluding diaryl/α,β-unsaturated/α-hetero) is 2. The molecule has 1 aromatic heterocycles. The van der Waals surface area contributed by atoms with Crippen LogP contribution in [0.1, 0.15) is 68.0 Å². The molecule has 0 saturated carbocycles. The Morgan fingerprint density at radius 3 is 2.51 bits per heavy atom. The number of allylic oxidation sites excluding steroid dienone is 4. The molecule has 1 atom stereocenters. The summed E-state index contributed by atoms with van der Waals surface area (Å²) in [4.78, 5) is 44.2. The number of nitrogens with zero attached hydrogens (tertiary/aromatic N) is 2. The van der Waals surface area contributed by atoms with E-state index in [9.17, 15) is 24.6 Å². The third-order valence-corrected chi connectivity index (χ3v) is 7.68. The first kappa shape index (κ1) is 26.2. The van der Waals surface area contributed by atoms with Crippen LogP contribution in [0.5, 0.6) is 17.2 Å². The van der Waals surface area contributed by atoms with Gasteiger partial charge in [0.2, 0.25) is 0 Å². The second-order valence-corrected chi connectivity index (χ2v) is 10.5. The van der Waals surface area contributed by atoms with Crippen molar-refractivity contribution in [2.45, 2.75) is 59.4 Å². The molecule has 202 valence electrons. The zero-order valence-electron chi connectivity index (χ0n) is 22.8. The number of nitrogens with one attached hydrogen (secondary N) is 1. The van der Waals surface area contributed by atoms with Gasteiger partial charge in [-0.1, -0.05) is 12.1 Å². The summed E-state index contributed by atoms with van der Waals surface area (Å²) in [5.74, 6) is -1.55. The minimum atomic E-state index is -1.54. The fraction of sp³-hybridized carbons (Fsp3) is 0.333. The highest BCUT2D eigenvalue weighted by molar-refractivity contribution is 6.31. The molecule has 9 heteroatoms. The number of ether oxygens (including phenoxy) is 1. The third kappa shape index (κ3) is 3.75. The maximum Gasteiger partial charge on any atom is 0.194 e. The van der Waals surface area contributed by atoms with E-state index in [1.165, 1.54) is 19.9 Å². The number of carbonyl (C=O) groups excluding carboxylic acids is 3. The van der Waals surface area contributed by atoms with E-state index in [0.29, 0.717) is 18.7 Å². The Balaban J connectivity index is 1.49. The van der Waals surface area contributed by atoms with Crippen molar-refractivity contribution in [3.63, 3.8) is 0 Å². The average molecular weight is 530 g/mol. The van der Waals surface area contributed by atoms with Crippen molar-refractivity contribution in [2.75, 3.05) is 6.54 Å². The standard InChI is InChI=1S/C30H31N3O6/c1-14(2)33-19-10-8-7-9-18(19)32-22(33)11-12-31-16(4)23-20(35)13-21-30(6,29(23)38)25-27(37)15(3)26(36)24(17(5)34)28(25)39-21/h7-10,13-14,31,36-37H,11-12H2,1-6H3. The lowest BCUT2D eigenvalue weighted by molar-refractivity contribution is -0.123. The molecule has 5 rings (SSSR count). The van der Waals surface area contributed by atoms with Crippen molar-refractivity contribution in [3.05, 3.63) is 69.9 Å². The number of hydrogen-bond donors (Lipinski definition) is 3. The Morgan fingerprint density at radius 2 is 1.85 bits per heavy atom. The summed E-state index contributed by atoms with van der Waals surface area (Å²) in [5, 5.41) is 24.7. The van der Waals surface area contributed by atoms with Crippen LogP contribution in [0.4, 0.5) is 0 Å². The molecule has 3 aromatic rings. The van der Waals surface area contributed by atoms with Gasteiger partial charge in [-0.25, -0.2) is 4.98 Å². The van der Waals surface area contributed by atoms with E-state index < -0.39 is 28.5 Å². The number of aromatic hydroxyl groups is 2. The van der Waals surface area contributed by atoms with Crippen molar-refractivity contribution >= 4 is 28.4 Å². The SMILES string of the molecule is CC(=O)c1c(O)c(C)c(O)c2c1OC1=CC(=O)C(=C(C)NCCc3nc4ccccc4n3C(C)C)C(=O)C12C. The van der Waals surface area contributed by atoms with Crippen molar-refractivity contribution in [1.82, 2.24) is 14.9 Å². The van der Waals surface area contributed by atoms with Crippen molar-refractivity contribution in [1.29, 1.82) is 0 Å². The van der Waals surface area contributed by atoms with Crippen LogP contribution < -0.4 is 10.1 Å². The smallest absolute Gasteiger partial charge is 0.194 e. The minimum Gasteiger partial charge on any atom is -0.507 e. The minimum absolute atomic E-state index is 0.0116. The molecule has 2 heterocycles. The average Bonchev–Trinajstić information content (AvgIpc) is 3.38. The molecule has 0 spiro atoms. The van der Waals surface area contributed by atoms with Gasteiger partial charge in [0.25, 0.3) is 0 Å². The first-order valence-corrected chi connectivity index (χ1v) is 12.9. The Morgan fingerprint density at radius 1 is 1.15 bits per heavy atom. The molecule has 0 fully saturated rings. The monoisotopic (exact) mass is 529 g/mol. The third-order valence-electron chi connectivity index (χ3n) is 7.68. The number of imidazole rings is 1. The number of ketones is 3. The van der Waals surface area contributed by atoms with Crippen LogP contribution in [0.15, 0.2) is 47.4 Å². The van der Waals surface area contributed by atoms with Crippen LogP contribution in [-0.2, 0) is 21.4 Å². The number of fused-ring (bicyclic) bond motifs is 4. The van der Waals surface area contributed by atoms with Gasteiger partial charge in [-0.15, -0.1) is 0 Å². The molecule has 1 unspecified atom stereocenters. The summed E-state index contributed by atoms with van der Waals surface area (Å²) in [7, 11) is 0. The lowest BCUT2D eigenvalue weighted by Crippen LogP contribution is -2.41. The number of phenols is 2. The molecule has 1 aliphatic carbocycles. The molecule has 0 amide bonds. The first-order chi connectivity index (χ1) is 18.4. The Labute approximate surface area is 225 Å². The highest BCUT2D eigenvalue weighted by Crippen LogP contribution is 2.57. The van der Waals surface area contributed by atoms with E-state index >= 15 is 0 Å². The lowest BCUT2D eigenvalue weighted by atomic mass is 9.70. The summed E-state index contributed by atoms with van der Waals surface area (Å²) in [6.07, 6.45) is 1.78. The Hall–Kier alpha value is -4.40. The van der Waals surface area contributed by atoms with Crippen LogP contribution >= 0.6 is 0 Å². The van der Waals surface area contributed by atoms with Gasteiger partial charge in [-0.05, 0) is 53.7 Å². The number of carbonyl (C=O) groups is 3. The zero-order valence-corrected chi connectivity index (χ0v) is 22.8. The molecular weight excluding hydrogens is 498 g/mol. The Bertz CT molecular complexity index is 1660. The second-order valence-electron chi connectivity index (χ2n) is 10.5. The lowest BCUT2D eigenvalue weighted by Gasteiger charge is -2.29. The van der Waals surface area contributed by atoms with E-state index in [1.54, 1.807) is 13.8 Å². The summed E-state index contributed by atoms with van der Waals surface area (Å²) in [6.45, 7) is 10.5. The van der Waals surface area contributed by atoms with E-state index in [1.807, 2.05) is 24.3 Å². The van der Waals surface area contributed by atoms with Gasteiger partial charge in [0.1, 0.15) is 39.8 Å². The Kier molecular flexibility index (Phi) is 6.13. The number of rotatable bonds is 6. The van der Waals surface area contributed by atoms with Crippen LogP contribution in [-0.4, -0.2) is 43.7 Å². The highest BCUT2D eigenvalue weighted by atomic mass is 16.5. The molecule has 0 saturated heterocycles. The van der Waals surface area contributed by atoms with Gasteiger partial charge in [-0.3, -0.25) is 14.4 Å². The van der Waals surface area contributed by atoms with E-state index in [4.69, 9.17) is 9.72 Å². The van der Waals surface area contributed by atoms with Crippen molar-refractivity contribution in [2.24, 2.45) is 0 Å². The molecule has 39 heavy (non-hydrogen) atoms. The van der Waals surface area contributed by atoms with E-state index in [0.717, 1.165) is 16.9 Å². The fourth-order valence-corrected chi connectivity index (χ4v) is 5.66. The van der Waals surface area contributed by atoms with Crippen LogP contribution in [0, 0.1) is 6.92 Å². The molecule has 0 radical (unpaired) electrons. The molecule has 0 bridgehead atoms. The number of benzene rings is 2.